The predicted molar refractivity (Wildman–Crippen MR) is 66.6 cm³/mol. The van der Waals surface area contributed by atoms with Crippen LogP contribution in [0.3, 0.4) is 0 Å². The molecule has 1 saturated heterocycles. The van der Waals surface area contributed by atoms with E-state index < -0.39 is 0 Å². The maximum Gasteiger partial charge on any atom is 0.115 e. The molecule has 3 unspecified atom stereocenters. The molecule has 1 fully saturated rings. The first-order chi connectivity index (χ1) is 8.36. The Morgan fingerprint density at radius 3 is 2.82 bits per heavy atom. The minimum atomic E-state index is 0.314. The van der Waals surface area contributed by atoms with Crippen LogP contribution in [0.2, 0.25) is 0 Å². The largest absolute Gasteiger partial charge is 0.378 e. The first kappa shape index (κ1) is 12.5. The molecule has 1 aromatic rings. The molecule has 1 aliphatic rings. The molecule has 0 saturated carbocycles. The number of nitrogens with one attached hydrogen (secondary N) is 1. The second-order valence-electron chi connectivity index (χ2n) is 4.48. The quantitative estimate of drug-likeness (QED) is 0.847. The zero-order chi connectivity index (χ0) is 12.1. The second-order valence-corrected chi connectivity index (χ2v) is 4.48. The average molecular weight is 235 g/mol. The van der Waals surface area contributed by atoms with Gasteiger partial charge in [-0.15, -0.1) is 0 Å². The number of hydrogen-bond acceptors (Lipinski definition) is 4. The van der Waals surface area contributed by atoms with E-state index in [0.717, 1.165) is 26.0 Å². The summed E-state index contributed by atoms with van der Waals surface area (Å²) < 4.78 is 5.78. The van der Waals surface area contributed by atoms with Crippen molar-refractivity contribution in [3.05, 3.63) is 24.3 Å². The van der Waals surface area contributed by atoms with Crippen LogP contribution >= 0.6 is 0 Å². The molecule has 0 aromatic carbocycles. The summed E-state index contributed by atoms with van der Waals surface area (Å²) in [6, 6.07) is 0.314. The van der Waals surface area contributed by atoms with E-state index in [1.807, 2.05) is 12.4 Å². The molecule has 2 heterocycles. The molecule has 0 radical (unpaired) electrons. The first-order valence-electron chi connectivity index (χ1n) is 6.46. The smallest absolute Gasteiger partial charge is 0.115 e. The lowest BCUT2D eigenvalue weighted by Crippen LogP contribution is -2.32. The van der Waals surface area contributed by atoms with Crippen molar-refractivity contribution in [2.24, 2.45) is 5.92 Å². The number of hydrogen-bond donors (Lipinski definition) is 1. The van der Waals surface area contributed by atoms with Crippen LogP contribution in [-0.4, -0.2) is 29.2 Å². The Hall–Kier alpha value is -1.00. The van der Waals surface area contributed by atoms with Gasteiger partial charge >= 0.3 is 0 Å². The first-order valence-corrected chi connectivity index (χ1v) is 6.46. The van der Waals surface area contributed by atoms with Crippen LogP contribution in [-0.2, 0) is 4.74 Å². The van der Waals surface area contributed by atoms with Crippen molar-refractivity contribution in [2.45, 2.75) is 38.8 Å². The molecule has 1 aliphatic heterocycles. The molecule has 1 N–H and O–H groups in total. The van der Waals surface area contributed by atoms with Crippen molar-refractivity contribution in [3.8, 4) is 0 Å². The molecule has 0 spiro atoms. The van der Waals surface area contributed by atoms with Crippen molar-refractivity contribution in [3.63, 3.8) is 0 Å². The number of aromatic nitrogens is 2. The molecule has 1 aromatic heterocycles. The molecule has 2 rings (SSSR count). The average Bonchev–Trinajstić information content (AvgIpc) is 2.85. The highest BCUT2D eigenvalue weighted by Gasteiger charge is 2.34. The summed E-state index contributed by atoms with van der Waals surface area (Å²) in [6.45, 7) is 6.15. The summed E-state index contributed by atoms with van der Waals surface area (Å²) in [4.78, 5) is 8.24. The van der Waals surface area contributed by atoms with Crippen molar-refractivity contribution >= 4 is 0 Å². The molecule has 4 heteroatoms. The molecule has 94 valence electrons. The molecular formula is C13H21N3O. The fraction of sp³-hybridized carbons (Fsp3) is 0.692. The summed E-state index contributed by atoms with van der Waals surface area (Å²) in [5, 5.41) is 3.55. The lowest BCUT2D eigenvalue weighted by Gasteiger charge is -2.27. The molecule has 17 heavy (non-hydrogen) atoms. The van der Waals surface area contributed by atoms with Crippen molar-refractivity contribution in [1.82, 2.24) is 15.3 Å². The number of rotatable bonds is 5. The standard InChI is InChI=1S/C13H21N3O/c1-3-12-11(5-6-17-12)13(16-4-2)10-7-14-9-15-8-10/h7-9,11-13,16H,3-6H2,1-2H3. The van der Waals surface area contributed by atoms with Crippen LogP contribution in [0.1, 0.15) is 38.3 Å². The fourth-order valence-corrected chi connectivity index (χ4v) is 2.67. The van der Waals surface area contributed by atoms with Gasteiger partial charge in [0.05, 0.1) is 6.10 Å². The predicted octanol–water partition coefficient (Wildman–Crippen LogP) is 1.94. The van der Waals surface area contributed by atoms with Crippen LogP contribution in [0, 0.1) is 5.92 Å². The summed E-state index contributed by atoms with van der Waals surface area (Å²) in [5.41, 5.74) is 1.17. The van der Waals surface area contributed by atoms with Gasteiger partial charge in [-0.05, 0) is 19.4 Å². The van der Waals surface area contributed by atoms with E-state index in [0.29, 0.717) is 18.1 Å². The molecule has 3 atom stereocenters. The van der Waals surface area contributed by atoms with E-state index in [2.05, 4.69) is 29.1 Å². The summed E-state index contributed by atoms with van der Waals surface area (Å²) in [7, 11) is 0. The zero-order valence-electron chi connectivity index (χ0n) is 10.6. The van der Waals surface area contributed by atoms with Gasteiger partial charge in [0.2, 0.25) is 0 Å². The van der Waals surface area contributed by atoms with E-state index in [9.17, 15) is 0 Å². The third-order valence-corrected chi connectivity index (χ3v) is 3.45. The maximum absolute atomic E-state index is 5.78. The third kappa shape index (κ3) is 2.82. The fourth-order valence-electron chi connectivity index (χ4n) is 2.67. The molecule has 0 amide bonds. The minimum Gasteiger partial charge on any atom is -0.378 e. The SMILES string of the molecule is CCNC(c1cncnc1)C1CCOC1CC. The van der Waals surface area contributed by atoms with Crippen LogP contribution < -0.4 is 5.32 Å². The monoisotopic (exact) mass is 235 g/mol. The Morgan fingerprint density at radius 1 is 1.41 bits per heavy atom. The Kier molecular flexibility index (Phi) is 4.45. The van der Waals surface area contributed by atoms with E-state index in [4.69, 9.17) is 4.74 Å². The van der Waals surface area contributed by atoms with Gasteiger partial charge in [-0.25, -0.2) is 9.97 Å². The van der Waals surface area contributed by atoms with E-state index in [1.54, 1.807) is 6.33 Å². The van der Waals surface area contributed by atoms with Crippen LogP contribution in [0.25, 0.3) is 0 Å². The van der Waals surface area contributed by atoms with Gasteiger partial charge in [0.25, 0.3) is 0 Å². The number of nitrogens with zero attached hydrogens (tertiary/aromatic N) is 2. The Morgan fingerprint density at radius 2 is 2.18 bits per heavy atom. The van der Waals surface area contributed by atoms with Gasteiger partial charge in [-0.2, -0.15) is 0 Å². The highest BCUT2D eigenvalue weighted by molar-refractivity contribution is 5.12. The van der Waals surface area contributed by atoms with Crippen molar-refractivity contribution < 1.29 is 4.74 Å². The maximum atomic E-state index is 5.78. The molecule has 4 nitrogen and oxygen atoms in total. The lowest BCUT2D eigenvalue weighted by atomic mass is 9.88. The van der Waals surface area contributed by atoms with Crippen LogP contribution in [0.5, 0.6) is 0 Å². The van der Waals surface area contributed by atoms with Crippen LogP contribution in [0.4, 0.5) is 0 Å². The topological polar surface area (TPSA) is 47.0 Å². The zero-order valence-corrected chi connectivity index (χ0v) is 10.6. The van der Waals surface area contributed by atoms with Gasteiger partial charge in [0.15, 0.2) is 0 Å². The summed E-state index contributed by atoms with van der Waals surface area (Å²) in [6.07, 6.45) is 7.94. The highest BCUT2D eigenvalue weighted by atomic mass is 16.5. The van der Waals surface area contributed by atoms with E-state index in [1.165, 1.54) is 5.56 Å². The molecular weight excluding hydrogens is 214 g/mol. The Bertz CT molecular complexity index is 331. The van der Waals surface area contributed by atoms with Gasteiger partial charge in [0.1, 0.15) is 6.33 Å². The third-order valence-electron chi connectivity index (χ3n) is 3.45. The molecule has 0 aliphatic carbocycles. The van der Waals surface area contributed by atoms with Gasteiger partial charge in [0, 0.05) is 36.5 Å². The van der Waals surface area contributed by atoms with Crippen LogP contribution in [0.15, 0.2) is 18.7 Å². The summed E-state index contributed by atoms with van der Waals surface area (Å²) >= 11 is 0. The molecule has 0 bridgehead atoms. The lowest BCUT2D eigenvalue weighted by molar-refractivity contribution is 0.0775. The Balaban J connectivity index is 2.17. The van der Waals surface area contributed by atoms with E-state index in [-0.39, 0.29) is 0 Å². The van der Waals surface area contributed by atoms with Gasteiger partial charge in [-0.1, -0.05) is 13.8 Å². The minimum absolute atomic E-state index is 0.314. The normalized spacial score (nSPS) is 26.0. The van der Waals surface area contributed by atoms with Gasteiger partial charge < -0.3 is 10.1 Å². The number of ether oxygens (including phenoxy) is 1. The van der Waals surface area contributed by atoms with Gasteiger partial charge in [-0.3, -0.25) is 0 Å². The Labute approximate surface area is 103 Å². The highest BCUT2D eigenvalue weighted by Crippen LogP contribution is 2.34. The van der Waals surface area contributed by atoms with Crippen molar-refractivity contribution in [1.29, 1.82) is 0 Å². The summed E-state index contributed by atoms with van der Waals surface area (Å²) in [5.74, 6) is 0.533. The van der Waals surface area contributed by atoms with E-state index >= 15 is 0 Å². The van der Waals surface area contributed by atoms with Crippen molar-refractivity contribution in [2.75, 3.05) is 13.2 Å². The second kappa shape index (κ2) is 6.07.